The Kier molecular flexibility index (Phi) is 2.09. The van der Waals surface area contributed by atoms with Crippen LogP contribution in [0.25, 0.3) is 21.8 Å². The Balaban J connectivity index is 2.54. The number of hydrogen-bond acceptors (Lipinski definition) is 2. The Bertz CT molecular complexity index is 658. The number of nitrogens with one attached hydrogen (secondary N) is 2. The fourth-order valence-electron chi connectivity index (χ4n) is 2.23. The second-order valence-electron chi connectivity index (χ2n) is 3.86. The van der Waals surface area contributed by atoms with Crippen LogP contribution in [0.5, 0.6) is 0 Å². The summed E-state index contributed by atoms with van der Waals surface area (Å²) in [6.45, 7) is 0. The normalized spacial score (nSPS) is 10.9. The summed E-state index contributed by atoms with van der Waals surface area (Å²) in [5.74, 6) is 5.52. The molecule has 0 aliphatic heterocycles. The predicted octanol–water partition coefficient (Wildman–Crippen LogP) is 2.04. The van der Waals surface area contributed by atoms with Crippen LogP contribution in [0.15, 0.2) is 48.5 Å². The highest BCUT2D eigenvalue weighted by molar-refractivity contribution is 6.13. The molecule has 0 saturated carbocycles. The molecule has 0 radical (unpaired) electrons. The summed E-state index contributed by atoms with van der Waals surface area (Å²) in [5.41, 5.74) is 4.36. The number of fused-ring (bicyclic) bond motifs is 3. The lowest BCUT2D eigenvalue weighted by Gasteiger charge is -2.07. The molecule has 0 atom stereocenters. The summed E-state index contributed by atoms with van der Waals surface area (Å²) >= 11 is 0. The minimum Gasteiger partial charge on any atom is -0.294 e. The van der Waals surface area contributed by atoms with Gasteiger partial charge >= 0.3 is 0 Å². The van der Waals surface area contributed by atoms with Crippen LogP contribution in [0, 0.1) is 5.41 Å². The van der Waals surface area contributed by atoms with Crippen LogP contribution < -0.4 is 11.3 Å². The monoisotopic (exact) mass is 224 g/mol. The average Bonchev–Trinajstić information content (AvgIpc) is 2.72. The maximum absolute atomic E-state index is 7.89. The summed E-state index contributed by atoms with van der Waals surface area (Å²) < 4.78 is 1.81. The third kappa shape index (κ3) is 1.31. The third-order valence-electron chi connectivity index (χ3n) is 2.94. The Morgan fingerprint density at radius 2 is 1.41 bits per heavy atom. The molecule has 0 amide bonds. The summed E-state index contributed by atoms with van der Waals surface area (Å²) in [7, 11) is 0. The summed E-state index contributed by atoms with van der Waals surface area (Å²) in [5, 5.41) is 10.1. The molecule has 3 aromatic rings. The Morgan fingerprint density at radius 1 is 0.941 bits per heavy atom. The molecular weight excluding hydrogens is 212 g/mol. The van der Waals surface area contributed by atoms with Crippen LogP contribution in [0.1, 0.15) is 0 Å². The van der Waals surface area contributed by atoms with E-state index in [1.54, 1.807) is 0 Å². The number of benzene rings is 2. The van der Waals surface area contributed by atoms with Crippen LogP contribution in [0.2, 0.25) is 0 Å². The van der Waals surface area contributed by atoms with Crippen LogP contribution >= 0.6 is 0 Å². The molecule has 3 rings (SSSR count). The molecule has 1 heterocycles. The van der Waals surface area contributed by atoms with Gasteiger partial charge in [-0.1, -0.05) is 36.4 Å². The van der Waals surface area contributed by atoms with Crippen molar-refractivity contribution in [2.75, 3.05) is 0 Å². The molecule has 17 heavy (non-hydrogen) atoms. The fourth-order valence-corrected chi connectivity index (χ4v) is 2.23. The smallest absolute Gasteiger partial charge is 0.214 e. The van der Waals surface area contributed by atoms with Crippen molar-refractivity contribution in [1.82, 2.24) is 9.99 Å². The van der Waals surface area contributed by atoms with E-state index in [1.807, 2.05) is 41.0 Å². The van der Waals surface area contributed by atoms with Crippen molar-refractivity contribution in [2.24, 2.45) is 5.84 Å². The summed E-state index contributed by atoms with van der Waals surface area (Å²) in [4.78, 5) is 0. The number of rotatable bonds is 0. The second-order valence-corrected chi connectivity index (χ2v) is 3.86. The Labute approximate surface area is 98.1 Å². The van der Waals surface area contributed by atoms with E-state index < -0.39 is 0 Å². The molecule has 0 saturated heterocycles. The quantitative estimate of drug-likeness (QED) is 0.237. The Hall–Kier alpha value is -2.33. The van der Waals surface area contributed by atoms with E-state index in [2.05, 4.69) is 17.6 Å². The predicted molar refractivity (Wildman–Crippen MR) is 69.9 cm³/mol. The number of hydrazine groups is 1. The number of aromatic nitrogens is 1. The van der Waals surface area contributed by atoms with E-state index in [4.69, 9.17) is 11.3 Å². The topological polar surface area (TPSA) is 66.8 Å². The first-order valence-corrected chi connectivity index (χ1v) is 5.36. The first-order valence-electron chi connectivity index (χ1n) is 5.36. The summed E-state index contributed by atoms with van der Waals surface area (Å²) in [6, 6.07) is 16.0. The summed E-state index contributed by atoms with van der Waals surface area (Å²) in [6.07, 6.45) is 0. The van der Waals surface area contributed by atoms with Gasteiger partial charge in [-0.25, -0.2) is 5.84 Å². The molecule has 1 aromatic heterocycles. The molecule has 0 fully saturated rings. The minimum atomic E-state index is 0.169. The van der Waals surface area contributed by atoms with Crippen LogP contribution in [-0.4, -0.2) is 10.5 Å². The van der Waals surface area contributed by atoms with Crippen molar-refractivity contribution < 1.29 is 0 Å². The van der Waals surface area contributed by atoms with E-state index in [-0.39, 0.29) is 5.96 Å². The highest BCUT2D eigenvalue weighted by Crippen LogP contribution is 2.27. The van der Waals surface area contributed by atoms with Gasteiger partial charge in [0, 0.05) is 10.8 Å². The largest absolute Gasteiger partial charge is 0.294 e. The molecule has 0 unspecified atom stereocenters. The molecule has 0 spiro atoms. The van der Waals surface area contributed by atoms with Gasteiger partial charge in [-0.3, -0.25) is 15.4 Å². The van der Waals surface area contributed by atoms with Gasteiger partial charge < -0.3 is 0 Å². The van der Waals surface area contributed by atoms with Gasteiger partial charge in [0.25, 0.3) is 0 Å². The third-order valence-corrected chi connectivity index (χ3v) is 2.94. The van der Waals surface area contributed by atoms with Crippen molar-refractivity contribution in [3.63, 3.8) is 0 Å². The van der Waals surface area contributed by atoms with E-state index in [1.165, 1.54) is 0 Å². The number of hydrogen-bond donors (Lipinski definition) is 3. The van der Waals surface area contributed by atoms with Gasteiger partial charge in [0.1, 0.15) is 0 Å². The van der Waals surface area contributed by atoms with E-state index in [0.717, 1.165) is 21.8 Å². The van der Waals surface area contributed by atoms with Gasteiger partial charge in [-0.05, 0) is 12.1 Å². The first-order chi connectivity index (χ1) is 8.33. The van der Waals surface area contributed by atoms with Gasteiger partial charge in [0.2, 0.25) is 5.96 Å². The molecule has 0 aliphatic rings. The molecular formula is C13H12N4. The maximum atomic E-state index is 7.89. The number of nitrogens with zero attached hydrogens (tertiary/aromatic N) is 1. The molecule has 4 nitrogen and oxygen atoms in total. The lowest BCUT2D eigenvalue weighted by Crippen LogP contribution is -2.34. The molecule has 4 N–H and O–H groups in total. The minimum absolute atomic E-state index is 0.169. The van der Waals surface area contributed by atoms with Crippen molar-refractivity contribution in [2.45, 2.75) is 0 Å². The molecule has 0 aliphatic carbocycles. The van der Waals surface area contributed by atoms with Crippen molar-refractivity contribution in [3.8, 4) is 0 Å². The number of nitrogens with two attached hydrogens (primary N) is 1. The average molecular weight is 224 g/mol. The van der Waals surface area contributed by atoms with Crippen LogP contribution in [0.3, 0.4) is 0 Å². The van der Waals surface area contributed by atoms with Crippen molar-refractivity contribution in [3.05, 3.63) is 48.5 Å². The van der Waals surface area contributed by atoms with E-state index in [9.17, 15) is 0 Å². The van der Waals surface area contributed by atoms with Gasteiger partial charge in [-0.15, -0.1) is 0 Å². The molecule has 84 valence electrons. The van der Waals surface area contributed by atoms with Gasteiger partial charge in [-0.2, -0.15) is 0 Å². The van der Waals surface area contributed by atoms with E-state index in [0.29, 0.717) is 0 Å². The second kappa shape index (κ2) is 3.61. The zero-order chi connectivity index (χ0) is 11.8. The highest BCUT2D eigenvalue weighted by Gasteiger charge is 2.11. The first kappa shape index (κ1) is 9.86. The zero-order valence-electron chi connectivity index (χ0n) is 9.14. The van der Waals surface area contributed by atoms with E-state index >= 15 is 0 Å². The van der Waals surface area contributed by atoms with Gasteiger partial charge in [0.15, 0.2) is 0 Å². The van der Waals surface area contributed by atoms with Crippen LogP contribution in [0.4, 0.5) is 0 Å². The standard InChI is InChI=1S/C13H12N4/c14-13(16-15)17-11-7-3-1-5-9(11)10-6-2-4-8-12(10)17/h1-8H,15H2,(H2,14,16). The maximum Gasteiger partial charge on any atom is 0.214 e. The van der Waals surface area contributed by atoms with Gasteiger partial charge in [0.05, 0.1) is 11.0 Å². The fraction of sp³-hybridized carbons (Fsp3) is 0. The lowest BCUT2D eigenvalue weighted by molar-refractivity contribution is 0.951. The van der Waals surface area contributed by atoms with Crippen LogP contribution in [-0.2, 0) is 0 Å². The zero-order valence-corrected chi connectivity index (χ0v) is 9.14. The van der Waals surface area contributed by atoms with Crippen molar-refractivity contribution >= 4 is 27.8 Å². The Morgan fingerprint density at radius 3 is 1.88 bits per heavy atom. The molecule has 0 bridgehead atoms. The number of para-hydroxylation sites is 2. The van der Waals surface area contributed by atoms with Crippen molar-refractivity contribution in [1.29, 1.82) is 5.41 Å². The molecule has 2 aromatic carbocycles. The highest BCUT2D eigenvalue weighted by atomic mass is 15.3. The lowest BCUT2D eigenvalue weighted by atomic mass is 10.2. The molecule has 4 heteroatoms. The SMILES string of the molecule is N=C(NN)n1c2ccccc2c2ccccc21.